The van der Waals surface area contributed by atoms with E-state index in [0.29, 0.717) is 22.5 Å². The third kappa shape index (κ3) is 3.26. The van der Waals surface area contributed by atoms with E-state index in [1.807, 2.05) is 41.8 Å². The van der Waals surface area contributed by atoms with E-state index in [1.165, 1.54) is 11.3 Å². The molecule has 7 nitrogen and oxygen atoms in total. The number of likely N-dealkylation sites (N-methyl/N-ethyl adjacent to an activating group) is 1. The van der Waals surface area contributed by atoms with Crippen LogP contribution in [0.3, 0.4) is 0 Å². The van der Waals surface area contributed by atoms with Crippen molar-refractivity contribution in [1.29, 1.82) is 0 Å². The quantitative estimate of drug-likeness (QED) is 0.649. The second-order valence-corrected chi connectivity index (χ2v) is 7.30. The first-order chi connectivity index (χ1) is 12.6. The van der Waals surface area contributed by atoms with E-state index in [-0.39, 0.29) is 30.1 Å². The first-order valence-electron chi connectivity index (χ1n) is 8.39. The second-order valence-electron chi connectivity index (χ2n) is 6.38. The van der Waals surface area contributed by atoms with Gasteiger partial charge in [0.2, 0.25) is 5.91 Å². The molecule has 0 spiro atoms. The van der Waals surface area contributed by atoms with Gasteiger partial charge >= 0.3 is 0 Å². The van der Waals surface area contributed by atoms with Crippen molar-refractivity contribution < 1.29 is 4.79 Å². The molecule has 1 aromatic carbocycles. The van der Waals surface area contributed by atoms with E-state index in [0.717, 1.165) is 5.56 Å². The summed E-state index contributed by atoms with van der Waals surface area (Å²) in [5.74, 6) is 0.450. The highest BCUT2D eigenvalue weighted by atomic mass is 32.1. The number of aromatic amines is 1. The molecule has 1 amide bonds. The second kappa shape index (κ2) is 6.99. The maximum Gasteiger partial charge on any atom is 0.268 e. The summed E-state index contributed by atoms with van der Waals surface area (Å²) in [5, 5.41) is 1.84. The Kier molecular flexibility index (Phi) is 4.54. The van der Waals surface area contributed by atoms with Crippen LogP contribution in [-0.2, 0) is 11.3 Å². The molecule has 8 heteroatoms. The molecule has 1 aliphatic rings. The maximum absolute atomic E-state index is 12.7. The van der Waals surface area contributed by atoms with Crippen molar-refractivity contribution in [3.8, 4) is 0 Å². The molecule has 0 aliphatic carbocycles. The number of amides is 1. The predicted octanol–water partition coefficient (Wildman–Crippen LogP) is 1.55. The number of nitrogens with one attached hydrogen (secondary N) is 3. The van der Waals surface area contributed by atoms with E-state index in [2.05, 4.69) is 20.8 Å². The number of benzene rings is 1. The van der Waals surface area contributed by atoms with Crippen molar-refractivity contribution >= 4 is 27.5 Å². The smallest absolute Gasteiger partial charge is 0.268 e. The molecule has 0 saturated carbocycles. The van der Waals surface area contributed by atoms with Gasteiger partial charge in [0.15, 0.2) is 0 Å². The van der Waals surface area contributed by atoms with Crippen LogP contribution in [0.25, 0.3) is 10.2 Å². The molecule has 3 heterocycles. The summed E-state index contributed by atoms with van der Waals surface area (Å²) in [6.45, 7) is 0.258. The minimum absolute atomic E-state index is 0.0380. The monoisotopic (exact) mass is 369 g/mol. The highest BCUT2D eigenvalue weighted by Gasteiger charge is 2.32. The van der Waals surface area contributed by atoms with Crippen molar-refractivity contribution in [2.45, 2.75) is 25.0 Å². The number of rotatable bonds is 4. The van der Waals surface area contributed by atoms with Crippen LogP contribution in [0.1, 0.15) is 23.9 Å². The summed E-state index contributed by atoms with van der Waals surface area (Å²) < 4.78 is 0.607. The molecular formula is C18H19N5O2S. The Bertz CT molecular complexity index is 984. The summed E-state index contributed by atoms with van der Waals surface area (Å²) in [4.78, 5) is 33.6. The van der Waals surface area contributed by atoms with Crippen LogP contribution in [0.2, 0.25) is 0 Å². The average Bonchev–Trinajstić information content (AvgIpc) is 3.31. The minimum atomic E-state index is -0.318. The van der Waals surface area contributed by atoms with Crippen molar-refractivity contribution in [2.75, 3.05) is 7.05 Å². The number of hydrogen-bond acceptors (Lipinski definition) is 6. The van der Waals surface area contributed by atoms with Crippen molar-refractivity contribution in [3.63, 3.8) is 0 Å². The van der Waals surface area contributed by atoms with Gasteiger partial charge in [0.1, 0.15) is 16.6 Å². The molecule has 134 valence electrons. The van der Waals surface area contributed by atoms with Crippen LogP contribution >= 0.6 is 11.3 Å². The number of carbonyl (C=O) groups excluding carboxylic acids is 1. The number of hydrogen-bond donors (Lipinski definition) is 3. The number of thiophene rings is 1. The Morgan fingerprint density at radius 3 is 2.88 bits per heavy atom. The number of H-pyrrole nitrogens is 1. The third-order valence-corrected chi connectivity index (χ3v) is 5.43. The SMILES string of the molecule is CN(Cc1nc2ccsc2c(=O)[nH]1)C(=O)C1CC(c2ccccc2)NN1. The van der Waals surface area contributed by atoms with Crippen LogP contribution in [0.5, 0.6) is 0 Å². The van der Waals surface area contributed by atoms with Gasteiger partial charge in [-0.1, -0.05) is 30.3 Å². The first kappa shape index (κ1) is 16.9. The van der Waals surface area contributed by atoms with Gasteiger partial charge in [0.05, 0.1) is 12.1 Å². The Morgan fingerprint density at radius 1 is 1.27 bits per heavy atom. The van der Waals surface area contributed by atoms with Crippen LogP contribution < -0.4 is 16.4 Å². The Hall–Kier alpha value is -2.55. The fraction of sp³-hybridized carbons (Fsp3) is 0.278. The lowest BCUT2D eigenvalue weighted by Crippen LogP contribution is -2.44. The standard InChI is InChI=1S/C18H19N5O2S/c1-23(10-15-19-12-7-8-26-16(12)17(24)20-15)18(25)14-9-13(21-22-14)11-5-3-2-4-6-11/h2-8,13-14,21-22H,9-10H2,1H3,(H,19,20,24). The normalized spacial score (nSPS) is 19.7. The highest BCUT2D eigenvalue weighted by Crippen LogP contribution is 2.23. The van der Waals surface area contributed by atoms with Gasteiger partial charge < -0.3 is 9.88 Å². The molecule has 4 rings (SSSR count). The Morgan fingerprint density at radius 2 is 2.08 bits per heavy atom. The minimum Gasteiger partial charge on any atom is -0.337 e. The lowest BCUT2D eigenvalue weighted by atomic mass is 10.0. The van der Waals surface area contributed by atoms with Gasteiger partial charge in [-0.2, -0.15) is 0 Å². The molecule has 0 radical (unpaired) electrons. The van der Waals surface area contributed by atoms with Crippen molar-refractivity contribution in [1.82, 2.24) is 25.7 Å². The lowest BCUT2D eigenvalue weighted by molar-refractivity contribution is -0.132. The van der Waals surface area contributed by atoms with Crippen molar-refractivity contribution in [3.05, 3.63) is 63.5 Å². The van der Waals surface area contributed by atoms with Crippen LogP contribution in [0, 0.1) is 0 Å². The molecule has 3 aromatic rings. The van der Waals surface area contributed by atoms with E-state index in [1.54, 1.807) is 11.9 Å². The fourth-order valence-corrected chi connectivity index (χ4v) is 3.91. The average molecular weight is 369 g/mol. The lowest BCUT2D eigenvalue weighted by Gasteiger charge is -2.20. The van der Waals surface area contributed by atoms with Crippen LogP contribution in [0.4, 0.5) is 0 Å². The highest BCUT2D eigenvalue weighted by molar-refractivity contribution is 7.17. The molecule has 3 N–H and O–H groups in total. The van der Waals surface area contributed by atoms with Crippen LogP contribution in [0.15, 0.2) is 46.6 Å². The number of aromatic nitrogens is 2. The summed E-state index contributed by atoms with van der Waals surface area (Å²) in [5.41, 5.74) is 7.91. The molecule has 2 aromatic heterocycles. The molecule has 1 saturated heterocycles. The summed E-state index contributed by atoms with van der Waals surface area (Å²) >= 11 is 1.36. The van der Waals surface area contributed by atoms with Gasteiger partial charge in [0.25, 0.3) is 5.56 Å². The predicted molar refractivity (Wildman–Crippen MR) is 101 cm³/mol. The number of hydrazine groups is 1. The molecule has 26 heavy (non-hydrogen) atoms. The zero-order valence-electron chi connectivity index (χ0n) is 14.2. The summed E-state index contributed by atoms with van der Waals surface area (Å²) in [6, 6.07) is 11.6. The Balaban J connectivity index is 1.43. The Labute approximate surface area is 154 Å². The van der Waals surface area contributed by atoms with E-state index in [4.69, 9.17) is 0 Å². The molecule has 1 fully saturated rings. The maximum atomic E-state index is 12.7. The summed E-state index contributed by atoms with van der Waals surface area (Å²) in [7, 11) is 1.72. The van der Waals surface area contributed by atoms with Crippen molar-refractivity contribution in [2.24, 2.45) is 0 Å². The molecule has 0 bridgehead atoms. The number of fused-ring (bicyclic) bond motifs is 1. The summed E-state index contributed by atoms with van der Waals surface area (Å²) in [6.07, 6.45) is 0.667. The number of nitrogens with zero attached hydrogens (tertiary/aromatic N) is 2. The number of carbonyl (C=O) groups is 1. The van der Waals surface area contributed by atoms with E-state index < -0.39 is 0 Å². The molecule has 2 unspecified atom stereocenters. The molecule has 2 atom stereocenters. The third-order valence-electron chi connectivity index (χ3n) is 4.53. The zero-order valence-corrected chi connectivity index (χ0v) is 15.0. The van der Waals surface area contributed by atoms with E-state index in [9.17, 15) is 9.59 Å². The van der Waals surface area contributed by atoms with Gasteiger partial charge in [0, 0.05) is 13.1 Å². The van der Waals surface area contributed by atoms with Gasteiger partial charge in [-0.25, -0.2) is 15.8 Å². The largest absolute Gasteiger partial charge is 0.337 e. The first-order valence-corrected chi connectivity index (χ1v) is 9.27. The van der Waals surface area contributed by atoms with Crippen LogP contribution in [-0.4, -0.2) is 33.9 Å². The van der Waals surface area contributed by atoms with Gasteiger partial charge in [-0.05, 0) is 23.4 Å². The topological polar surface area (TPSA) is 90.1 Å². The van der Waals surface area contributed by atoms with Gasteiger partial charge in [-0.15, -0.1) is 11.3 Å². The van der Waals surface area contributed by atoms with E-state index >= 15 is 0 Å². The van der Waals surface area contributed by atoms with Gasteiger partial charge in [-0.3, -0.25) is 9.59 Å². The zero-order chi connectivity index (χ0) is 18.1. The molecular weight excluding hydrogens is 350 g/mol. The fourth-order valence-electron chi connectivity index (χ4n) is 3.19. The molecule has 1 aliphatic heterocycles.